The van der Waals surface area contributed by atoms with E-state index in [2.05, 4.69) is 9.64 Å². The van der Waals surface area contributed by atoms with Crippen molar-refractivity contribution in [3.63, 3.8) is 0 Å². The lowest BCUT2D eigenvalue weighted by Crippen LogP contribution is -2.52. The second kappa shape index (κ2) is 7.18. The molecule has 1 aliphatic heterocycles. The summed E-state index contributed by atoms with van der Waals surface area (Å²) in [5.41, 5.74) is 6.21. The van der Waals surface area contributed by atoms with Crippen LogP contribution in [0.1, 0.15) is 12.5 Å². The fraction of sp³-hybridized carbons (Fsp3) is 0.533. The van der Waals surface area contributed by atoms with Crippen LogP contribution in [-0.2, 0) is 11.3 Å². The number of nitrogens with two attached hydrogens (primary N) is 1. The zero-order chi connectivity index (χ0) is 17.0. The molecule has 1 aromatic carbocycles. The Kier molecular flexibility index (Phi) is 5.48. The van der Waals surface area contributed by atoms with Crippen LogP contribution in [0.4, 0.5) is 13.2 Å². The molecule has 128 valence electrons. The molecule has 1 saturated heterocycles. The summed E-state index contributed by atoms with van der Waals surface area (Å²) in [6, 6.07) is 5.59. The maximum absolute atomic E-state index is 12.1. The molecule has 0 aromatic heterocycles. The number of amides is 1. The average molecular weight is 331 g/mol. The maximum atomic E-state index is 12.1. The number of ether oxygens (including phenoxy) is 1. The Labute approximate surface area is 132 Å². The molecule has 5 nitrogen and oxygen atoms in total. The van der Waals surface area contributed by atoms with E-state index < -0.39 is 6.36 Å². The van der Waals surface area contributed by atoms with Gasteiger partial charge in [0.15, 0.2) is 0 Å². The molecule has 0 radical (unpaired) electrons. The van der Waals surface area contributed by atoms with Crippen LogP contribution in [0.5, 0.6) is 5.75 Å². The summed E-state index contributed by atoms with van der Waals surface area (Å²) in [5, 5.41) is 0. The van der Waals surface area contributed by atoms with E-state index in [1.807, 2.05) is 4.90 Å². The van der Waals surface area contributed by atoms with Crippen molar-refractivity contribution in [2.75, 3.05) is 26.2 Å². The van der Waals surface area contributed by atoms with Gasteiger partial charge in [0.25, 0.3) is 0 Å². The van der Waals surface area contributed by atoms with Gasteiger partial charge in [-0.2, -0.15) is 0 Å². The van der Waals surface area contributed by atoms with Crippen molar-refractivity contribution in [1.82, 2.24) is 9.80 Å². The van der Waals surface area contributed by atoms with E-state index in [0.29, 0.717) is 6.54 Å². The highest BCUT2D eigenvalue weighted by atomic mass is 19.4. The average Bonchev–Trinajstić information content (AvgIpc) is 2.48. The van der Waals surface area contributed by atoms with Crippen molar-refractivity contribution in [3.8, 4) is 5.75 Å². The SMILES string of the molecule is C[C@H](C(N)=O)N1CCN(Cc2ccc(OC(F)(F)F)cc2)CC1. The number of halogens is 3. The van der Waals surface area contributed by atoms with Gasteiger partial charge < -0.3 is 10.5 Å². The van der Waals surface area contributed by atoms with Gasteiger partial charge in [-0.25, -0.2) is 0 Å². The van der Waals surface area contributed by atoms with E-state index in [9.17, 15) is 18.0 Å². The van der Waals surface area contributed by atoms with E-state index in [0.717, 1.165) is 31.7 Å². The molecule has 23 heavy (non-hydrogen) atoms. The first-order valence-corrected chi connectivity index (χ1v) is 7.35. The third kappa shape index (κ3) is 5.40. The third-order valence-electron chi connectivity index (χ3n) is 3.93. The van der Waals surface area contributed by atoms with Gasteiger partial charge >= 0.3 is 6.36 Å². The van der Waals surface area contributed by atoms with Crippen molar-refractivity contribution in [2.24, 2.45) is 5.73 Å². The molecule has 1 aromatic rings. The monoisotopic (exact) mass is 331 g/mol. The fourth-order valence-corrected chi connectivity index (χ4v) is 2.54. The summed E-state index contributed by atoms with van der Waals surface area (Å²) in [7, 11) is 0. The number of hydrogen-bond donors (Lipinski definition) is 1. The molecule has 1 amide bonds. The maximum Gasteiger partial charge on any atom is 0.573 e. The van der Waals surface area contributed by atoms with Crippen LogP contribution in [0.25, 0.3) is 0 Å². The van der Waals surface area contributed by atoms with Gasteiger partial charge in [-0.05, 0) is 24.6 Å². The normalized spacial score (nSPS) is 18.6. The second-order valence-electron chi connectivity index (χ2n) is 5.58. The summed E-state index contributed by atoms with van der Waals surface area (Å²) in [4.78, 5) is 15.4. The summed E-state index contributed by atoms with van der Waals surface area (Å²) in [5.74, 6) is -0.556. The predicted molar refractivity (Wildman–Crippen MR) is 78.6 cm³/mol. The van der Waals surface area contributed by atoms with Crippen LogP contribution in [0, 0.1) is 0 Å². The first-order valence-electron chi connectivity index (χ1n) is 7.35. The largest absolute Gasteiger partial charge is 0.573 e. The molecule has 0 bridgehead atoms. The number of carbonyl (C=O) groups excluding carboxylic acids is 1. The summed E-state index contributed by atoms with van der Waals surface area (Å²) < 4.78 is 40.2. The van der Waals surface area contributed by atoms with Crippen LogP contribution in [0.3, 0.4) is 0 Å². The summed E-state index contributed by atoms with van der Waals surface area (Å²) in [6.45, 7) is 5.46. The Morgan fingerprint density at radius 2 is 1.78 bits per heavy atom. The molecule has 0 unspecified atom stereocenters. The Balaban J connectivity index is 1.83. The van der Waals surface area contributed by atoms with Crippen molar-refractivity contribution < 1.29 is 22.7 Å². The minimum Gasteiger partial charge on any atom is -0.406 e. The molecular formula is C15H20F3N3O2. The number of rotatable bonds is 5. The topological polar surface area (TPSA) is 58.8 Å². The summed E-state index contributed by atoms with van der Waals surface area (Å²) in [6.07, 6.45) is -4.67. The molecule has 0 aliphatic carbocycles. The summed E-state index contributed by atoms with van der Waals surface area (Å²) >= 11 is 0. The zero-order valence-electron chi connectivity index (χ0n) is 12.8. The molecule has 1 aliphatic rings. The van der Waals surface area contributed by atoms with Crippen LogP contribution < -0.4 is 10.5 Å². The molecule has 0 saturated carbocycles. The number of nitrogens with zero attached hydrogens (tertiary/aromatic N) is 2. The first-order chi connectivity index (χ1) is 10.7. The first kappa shape index (κ1) is 17.6. The van der Waals surface area contributed by atoms with E-state index in [-0.39, 0.29) is 17.7 Å². The highest BCUT2D eigenvalue weighted by molar-refractivity contribution is 5.79. The molecule has 2 rings (SSSR count). The lowest BCUT2D eigenvalue weighted by molar-refractivity contribution is -0.274. The van der Waals surface area contributed by atoms with Crippen LogP contribution >= 0.6 is 0 Å². The molecule has 8 heteroatoms. The van der Waals surface area contributed by atoms with Crippen LogP contribution in [0.15, 0.2) is 24.3 Å². The molecule has 1 heterocycles. The molecular weight excluding hydrogens is 311 g/mol. The van der Waals surface area contributed by atoms with Crippen LogP contribution in [-0.4, -0.2) is 54.3 Å². The number of alkyl halides is 3. The third-order valence-corrected chi connectivity index (χ3v) is 3.93. The molecule has 1 fully saturated rings. The van der Waals surface area contributed by atoms with Crippen molar-refractivity contribution in [2.45, 2.75) is 25.9 Å². The number of piperazine rings is 1. The Morgan fingerprint density at radius 3 is 2.26 bits per heavy atom. The van der Waals surface area contributed by atoms with Crippen molar-refractivity contribution in [1.29, 1.82) is 0 Å². The van der Waals surface area contributed by atoms with Gasteiger partial charge in [0.05, 0.1) is 6.04 Å². The van der Waals surface area contributed by atoms with Crippen molar-refractivity contribution >= 4 is 5.91 Å². The quantitative estimate of drug-likeness (QED) is 0.890. The van der Waals surface area contributed by atoms with E-state index >= 15 is 0 Å². The molecule has 1 atom stereocenters. The smallest absolute Gasteiger partial charge is 0.406 e. The number of benzene rings is 1. The second-order valence-corrected chi connectivity index (χ2v) is 5.58. The highest BCUT2D eigenvalue weighted by Gasteiger charge is 2.31. The molecule has 2 N–H and O–H groups in total. The Hall–Kier alpha value is -1.80. The van der Waals surface area contributed by atoms with E-state index in [4.69, 9.17) is 5.73 Å². The van der Waals surface area contributed by atoms with Gasteiger partial charge in [0.2, 0.25) is 5.91 Å². The van der Waals surface area contributed by atoms with E-state index in [1.54, 1.807) is 19.1 Å². The zero-order valence-corrected chi connectivity index (χ0v) is 12.8. The van der Waals surface area contributed by atoms with Gasteiger partial charge in [-0.1, -0.05) is 12.1 Å². The Morgan fingerprint density at radius 1 is 1.22 bits per heavy atom. The lowest BCUT2D eigenvalue weighted by Gasteiger charge is -2.36. The lowest BCUT2D eigenvalue weighted by atomic mass is 10.1. The highest BCUT2D eigenvalue weighted by Crippen LogP contribution is 2.23. The standard InChI is InChI=1S/C15H20F3N3O2/c1-11(14(19)22)21-8-6-20(7-9-21)10-12-2-4-13(5-3-12)23-15(16,17)18/h2-5,11H,6-10H2,1H3,(H2,19,22)/t11-/m1/s1. The number of hydrogen-bond acceptors (Lipinski definition) is 4. The van der Waals surface area contributed by atoms with E-state index in [1.165, 1.54) is 12.1 Å². The van der Waals surface area contributed by atoms with Crippen LogP contribution in [0.2, 0.25) is 0 Å². The minimum absolute atomic E-state index is 0.221. The van der Waals surface area contributed by atoms with Gasteiger partial charge in [-0.3, -0.25) is 14.6 Å². The fourth-order valence-electron chi connectivity index (χ4n) is 2.54. The predicted octanol–water partition coefficient (Wildman–Crippen LogP) is 1.58. The number of carbonyl (C=O) groups is 1. The Bertz CT molecular complexity index is 526. The molecule has 0 spiro atoms. The minimum atomic E-state index is -4.67. The number of primary amides is 1. The van der Waals surface area contributed by atoms with Gasteiger partial charge in [0, 0.05) is 32.7 Å². The van der Waals surface area contributed by atoms with Gasteiger partial charge in [0.1, 0.15) is 5.75 Å². The van der Waals surface area contributed by atoms with Crippen molar-refractivity contribution in [3.05, 3.63) is 29.8 Å². The van der Waals surface area contributed by atoms with Gasteiger partial charge in [-0.15, -0.1) is 13.2 Å².